The smallest absolute Gasteiger partial charge is 0.132 e. The van der Waals surface area contributed by atoms with Gasteiger partial charge in [-0.2, -0.15) is 15.4 Å². The molecule has 0 saturated carbocycles. The molecular weight excluding hydrogens is 204 g/mol. The van der Waals surface area contributed by atoms with E-state index in [9.17, 15) is 0 Å². The largest absolute Gasteiger partial charge is 0.334 e. The predicted octanol–water partition coefficient (Wildman–Crippen LogP) is 0.720. The highest BCUT2D eigenvalue weighted by Gasteiger charge is 2.19. The van der Waals surface area contributed by atoms with Crippen molar-refractivity contribution in [3.05, 3.63) is 30.1 Å². The van der Waals surface area contributed by atoms with Crippen LogP contribution >= 0.6 is 0 Å². The Hall–Kier alpha value is -1.69. The molecule has 16 heavy (non-hydrogen) atoms. The molecule has 0 saturated heterocycles. The summed E-state index contributed by atoms with van der Waals surface area (Å²) in [6.45, 7) is 5.91. The van der Waals surface area contributed by atoms with Gasteiger partial charge < -0.3 is 9.88 Å². The van der Waals surface area contributed by atoms with Crippen molar-refractivity contribution in [3.63, 3.8) is 0 Å². The van der Waals surface area contributed by atoms with E-state index in [1.165, 1.54) is 0 Å². The third-order valence-electron chi connectivity index (χ3n) is 2.48. The fourth-order valence-electron chi connectivity index (χ4n) is 1.73. The Labute approximate surface area is 94.1 Å². The molecule has 0 bridgehead atoms. The molecule has 1 atom stereocenters. The van der Waals surface area contributed by atoms with Crippen LogP contribution < -0.4 is 5.32 Å². The zero-order valence-electron chi connectivity index (χ0n) is 9.51. The first-order valence-corrected chi connectivity index (χ1v) is 5.46. The topological polar surface area (TPSA) is 71.4 Å². The van der Waals surface area contributed by atoms with Gasteiger partial charge >= 0.3 is 0 Å². The van der Waals surface area contributed by atoms with E-state index in [4.69, 9.17) is 0 Å². The van der Waals surface area contributed by atoms with Crippen LogP contribution in [0, 0.1) is 0 Å². The van der Waals surface area contributed by atoms with E-state index >= 15 is 0 Å². The molecule has 1 unspecified atom stereocenters. The first-order chi connectivity index (χ1) is 7.86. The van der Waals surface area contributed by atoms with Crippen LogP contribution in [0.15, 0.2) is 18.6 Å². The number of aromatic amines is 1. The molecular formula is C10H16N6. The average molecular weight is 220 g/mol. The second-order valence-electron chi connectivity index (χ2n) is 3.46. The molecule has 6 heteroatoms. The quantitative estimate of drug-likeness (QED) is 0.779. The summed E-state index contributed by atoms with van der Waals surface area (Å²) in [5.74, 6) is 0.971. The van der Waals surface area contributed by atoms with Gasteiger partial charge in [0.25, 0.3) is 0 Å². The van der Waals surface area contributed by atoms with Gasteiger partial charge in [-0.25, -0.2) is 4.98 Å². The van der Waals surface area contributed by atoms with Gasteiger partial charge in [0.2, 0.25) is 0 Å². The van der Waals surface area contributed by atoms with Crippen LogP contribution in [0.25, 0.3) is 0 Å². The lowest BCUT2D eigenvalue weighted by molar-refractivity contribution is 0.547. The number of nitrogens with zero attached hydrogens (tertiary/aromatic N) is 4. The van der Waals surface area contributed by atoms with Crippen molar-refractivity contribution in [2.75, 3.05) is 6.54 Å². The van der Waals surface area contributed by atoms with Crippen LogP contribution in [0.5, 0.6) is 0 Å². The molecule has 2 N–H and O–H groups in total. The molecule has 86 valence electrons. The summed E-state index contributed by atoms with van der Waals surface area (Å²) >= 11 is 0. The summed E-state index contributed by atoms with van der Waals surface area (Å²) in [7, 11) is 0. The number of aryl methyl sites for hydroxylation is 1. The molecule has 2 aromatic heterocycles. The number of rotatable bonds is 5. The first-order valence-electron chi connectivity index (χ1n) is 5.46. The van der Waals surface area contributed by atoms with E-state index in [-0.39, 0.29) is 6.04 Å². The Morgan fingerprint density at radius 2 is 2.38 bits per heavy atom. The summed E-state index contributed by atoms with van der Waals surface area (Å²) in [6.07, 6.45) is 5.50. The van der Waals surface area contributed by atoms with Gasteiger partial charge in [0.15, 0.2) is 0 Å². The van der Waals surface area contributed by atoms with E-state index in [0.29, 0.717) is 0 Å². The maximum Gasteiger partial charge on any atom is 0.132 e. The number of hydrogen-bond donors (Lipinski definition) is 2. The fourth-order valence-corrected chi connectivity index (χ4v) is 1.73. The van der Waals surface area contributed by atoms with E-state index in [2.05, 4.69) is 44.1 Å². The van der Waals surface area contributed by atoms with E-state index in [1.807, 2.05) is 12.4 Å². The zero-order chi connectivity index (χ0) is 11.4. The molecule has 6 nitrogen and oxygen atoms in total. The van der Waals surface area contributed by atoms with Crippen LogP contribution in [0.1, 0.15) is 31.4 Å². The summed E-state index contributed by atoms with van der Waals surface area (Å²) in [6, 6.07) is -0.00120. The van der Waals surface area contributed by atoms with Crippen molar-refractivity contribution < 1.29 is 0 Å². The lowest BCUT2D eigenvalue weighted by Gasteiger charge is -2.15. The Balaban J connectivity index is 2.33. The second kappa shape index (κ2) is 4.89. The van der Waals surface area contributed by atoms with Crippen LogP contribution in [-0.4, -0.2) is 31.5 Å². The standard InChI is InChI=1S/C10H16N6/c1-3-11-9(8-7-13-15-14-8)10-12-5-6-16(10)4-2/h5-7,9,11H,3-4H2,1-2H3,(H,13,14,15). The molecule has 0 spiro atoms. The predicted molar refractivity (Wildman–Crippen MR) is 59.8 cm³/mol. The maximum absolute atomic E-state index is 4.38. The van der Waals surface area contributed by atoms with Gasteiger partial charge in [-0.15, -0.1) is 0 Å². The highest BCUT2D eigenvalue weighted by Crippen LogP contribution is 2.17. The minimum Gasteiger partial charge on any atom is -0.334 e. The molecule has 0 aromatic carbocycles. The fraction of sp³-hybridized carbons (Fsp3) is 0.500. The van der Waals surface area contributed by atoms with Crippen LogP contribution in [0.3, 0.4) is 0 Å². The molecule has 2 heterocycles. The van der Waals surface area contributed by atoms with Crippen molar-refractivity contribution in [3.8, 4) is 0 Å². The van der Waals surface area contributed by atoms with Gasteiger partial charge in [-0.1, -0.05) is 6.92 Å². The Morgan fingerprint density at radius 3 is 3.00 bits per heavy atom. The molecule has 0 fully saturated rings. The van der Waals surface area contributed by atoms with Gasteiger partial charge in [0.1, 0.15) is 17.6 Å². The van der Waals surface area contributed by atoms with E-state index < -0.39 is 0 Å². The van der Waals surface area contributed by atoms with Gasteiger partial charge in [0, 0.05) is 18.9 Å². The number of aromatic nitrogens is 5. The average Bonchev–Trinajstić information content (AvgIpc) is 2.96. The summed E-state index contributed by atoms with van der Waals surface area (Å²) < 4.78 is 2.10. The Kier molecular flexibility index (Phi) is 3.31. The van der Waals surface area contributed by atoms with Gasteiger partial charge in [-0.05, 0) is 13.5 Å². The maximum atomic E-state index is 4.38. The van der Waals surface area contributed by atoms with Crippen molar-refractivity contribution in [1.82, 2.24) is 30.3 Å². The molecule has 0 radical (unpaired) electrons. The minimum absolute atomic E-state index is 0.00120. The number of hydrogen-bond acceptors (Lipinski definition) is 4. The third-order valence-corrected chi connectivity index (χ3v) is 2.48. The highest BCUT2D eigenvalue weighted by molar-refractivity contribution is 5.14. The van der Waals surface area contributed by atoms with Crippen molar-refractivity contribution in [2.24, 2.45) is 0 Å². The monoisotopic (exact) mass is 220 g/mol. The molecule has 2 rings (SSSR count). The molecule has 0 aliphatic rings. The highest BCUT2D eigenvalue weighted by atomic mass is 15.3. The Bertz CT molecular complexity index is 418. The SMILES string of the molecule is CCNC(c1cn[nH]n1)c1nccn1CC. The van der Waals surface area contributed by atoms with Gasteiger partial charge in [-0.3, -0.25) is 0 Å². The third kappa shape index (κ3) is 1.96. The molecule has 2 aromatic rings. The van der Waals surface area contributed by atoms with Crippen LogP contribution in [-0.2, 0) is 6.54 Å². The van der Waals surface area contributed by atoms with E-state index in [1.54, 1.807) is 6.20 Å². The summed E-state index contributed by atoms with van der Waals surface area (Å²) in [5.41, 5.74) is 0.864. The normalized spacial score (nSPS) is 12.9. The number of H-pyrrole nitrogens is 1. The zero-order valence-corrected chi connectivity index (χ0v) is 9.51. The lowest BCUT2D eigenvalue weighted by atomic mass is 10.2. The van der Waals surface area contributed by atoms with Gasteiger partial charge in [0.05, 0.1) is 6.20 Å². The summed E-state index contributed by atoms with van der Waals surface area (Å²) in [5, 5.41) is 13.9. The van der Waals surface area contributed by atoms with E-state index in [0.717, 1.165) is 24.6 Å². The lowest BCUT2D eigenvalue weighted by Crippen LogP contribution is -2.25. The minimum atomic E-state index is -0.00120. The van der Waals surface area contributed by atoms with Crippen molar-refractivity contribution >= 4 is 0 Å². The number of nitrogens with one attached hydrogen (secondary N) is 2. The van der Waals surface area contributed by atoms with Crippen LogP contribution in [0.2, 0.25) is 0 Å². The Morgan fingerprint density at radius 1 is 1.50 bits per heavy atom. The first kappa shape index (κ1) is 10.8. The molecule has 0 aliphatic heterocycles. The van der Waals surface area contributed by atoms with Crippen molar-refractivity contribution in [2.45, 2.75) is 26.4 Å². The summed E-state index contributed by atoms with van der Waals surface area (Å²) in [4.78, 5) is 4.38. The molecule has 0 amide bonds. The van der Waals surface area contributed by atoms with Crippen LogP contribution in [0.4, 0.5) is 0 Å². The number of imidazole rings is 1. The molecule has 0 aliphatic carbocycles. The second-order valence-corrected chi connectivity index (χ2v) is 3.46. The van der Waals surface area contributed by atoms with Crippen molar-refractivity contribution in [1.29, 1.82) is 0 Å².